The molecule has 1 aliphatic heterocycles. The summed E-state index contributed by atoms with van der Waals surface area (Å²) in [6.45, 7) is 2.91. The lowest BCUT2D eigenvalue weighted by Gasteiger charge is -2.24. The summed E-state index contributed by atoms with van der Waals surface area (Å²) in [6.07, 6.45) is 7.24. The number of nitrogens with zero attached hydrogens (tertiary/aromatic N) is 5. The summed E-state index contributed by atoms with van der Waals surface area (Å²) in [4.78, 5) is 23.8. The lowest BCUT2D eigenvalue weighted by molar-refractivity contribution is 0.172. The van der Waals surface area contributed by atoms with Gasteiger partial charge in [-0.1, -0.05) is 6.08 Å². The molecule has 0 radical (unpaired) electrons. The third kappa shape index (κ3) is 4.37. The van der Waals surface area contributed by atoms with Gasteiger partial charge in [-0.25, -0.2) is 0 Å². The maximum atomic E-state index is 6.05. The van der Waals surface area contributed by atoms with Gasteiger partial charge < -0.3 is 35.3 Å². The van der Waals surface area contributed by atoms with Crippen LogP contribution in [0.15, 0.2) is 55.0 Å². The quantitative estimate of drug-likeness (QED) is 0.236. The number of hydrogen-bond acceptors (Lipinski definition) is 10. The molecule has 11 nitrogen and oxygen atoms in total. The van der Waals surface area contributed by atoms with Crippen LogP contribution in [0.3, 0.4) is 0 Å². The van der Waals surface area contributed by atoms with Crippen molar-refractivity contribution in [1.82, 2.24) is 30.2 Å². The molecule has 11 heteroatoms. The van der Waals surface area contributed by atoms with Gasteiger partial charge in [-0.05, 0) is 37.3 Å². The summed E-state index contributed by atoms with van der Waals surface area (Å²) >= 11 is 0. The van der Waals surface area contributed by atoms with Gasteiger partial charge in [0.05, 0.1) is 28.0 Å². The topological polar surface area (TPSA) is 125 Å². The molecule has 0 atom stereocenters. The second kappa shape index (κ2) is 10.0. The first kappa shape index (κ1) is 24.3. The van der Waals surface area contributed by atoms with Gasteiger partial charge in [0.15, 0.2) is 11.5 Å². The molecule has 5 aromatic rings. The van der Waals surface area contributed by atoms with Crippen molar-refractivity contribution in [3.05, 3.63) is 60.6 Å². The van der Waals surface area contributed by atoms with E-state index in [2.05, 4.69) is 30.9 Å². The maximum absolute atomic E-state index is 6.05. The Balaban J connectivity index is 1.41. The number of H-pyrrole nitrogens is 1. The second-order valence-corrected chi connectivity index (χ2v) is 9.13. The molecular weight excluding hydrogens is 494 g/mol. The average molecular weight is 524 g/mol. The van der Waals surface area contributed by atoms with Gasteiger partial charge in [0, 0.05) is 51.0 Å². The third-order valence-electron chi connectivity index (χ3n) is 6.51. The van der Waals surface area contributed by atoms with E-state index in [1.165, 1.54) is 0 Å². The molecule has 0 saturated carbocycles. The van der Waals surface area contributed by atoms with Crippen molar-refractivity contribution >= 4 is 56.6 Å². The number of allylic oxidation sites excluding steroid dienone is 1. The molecule has 0 fully saturated rings. The summed E-state index contributed by atoms with van der Waals surface area (Å²) in [5.74, 6) is 2.36. The minimum atomic E-state index is 0.406. The Kier molecular flexibility index (Phi) is 6.23. The van der Waals surface area contributed by atoms with Crippen LogP contribution in [0, 0.1) is 0 Å². The number of ether oxygens (including phenoxy) is 2. The van der Waals surface area contributed by atoms with Crippen LogP contribution in [-0.4, -0.2) is 59.3 Å². The van der Waals surface area contributed by atoms with Gasteiger partial charge in [-0.3, -0.25) is 9.97 Å². The summed E-state index contributed by atoms with van der Waals surface area (Å²) < 4.78 is 12.1. The lowest BCUT2D eigenvalue weighted by atomic mass is 10.1. The molecule has 2 aromatic carbocycles. The van der Waals surface area contributed by atoms with Crippen LogP contribution in [-0.2, 0) is 0 Å². The molecule has 0 aliphatic carbocycles. The summed E-state index contributed by atoms with van der Waals surface area (Å²) in [5.41, 5.74) is 6.67. The molecule has 3 aromatic heterocycles. The Morgan fingerprint density at radius 2 is 1.74 bits per heavy atom. The van der Waals surface area contributed by atoms with E-state index >= 15 is 0 Å². The van der Waals surface area contributed by atoms with Gasteiger partial charge in [-0.15, -0.1) is 0 Å². The van der Waals surface area contributed by atoms with Crippen LogP contribution < -0.4 is 30.3 Å². The Hall–Kier alpha value is -5.06. The fraction of sp³-hybridized carbons (Fsp3) is 0.214. The van der Waals surface area contributed by atoms with E-state index in [-0.39, 0.29) is 0 Å². The number of benzene rings is 2. The van der Waals surface area contributed by atoms with E-state index in [1.807, 2.05) is 75.6 Å². The van der Waals surface area contributed by atoms with Crippen LogP contribution in [0.4, 0.5) is 28.8 Å². The SMILES string of the molecule is C/C=C(\NC)c1ccc(Nc2nc(Nc3ccc4nccnc4c3N(C)C)c3cc[nH]c3n2)c2c1OCCO2. The van der Waals surface area contributed by atoms with Crippen molar-refractivity contribution in [3.8, 4) is 11.5 Å². The average Bonchev–Trinajstić information content (AvgIpc) is 3.43. The molecule has 4 heterocycles. The first-order valence-corrected chi connectivity index (χ1v) is 12.6. The van der Waals surface area contributed by atoms with Crippen LogP contribution in [0.2, 0.25) is 0 Å². The highest BCUT2D eigenvalue weighted by Crippen LogP contribution is 2.43. The number of aromatic amines is 1. The largest absolute Gasteiger partial charge is 0.485 e. The van der Waals surface area contributed by atoms with Crippen LogP contribution in [0.5, 0.6) is 11.5 Å². The molecule has 0 saturated heterocycles. The summed E-state index contributed by atoms with van der Waals surface area (Å²) in [5, 5.41) is 10.9. The molecule has 39 heavy (non-hydrogen) atoms. The van der Waals surface area contributed by atoms with E-state index in [4.69, 9.17) is 19.4 Å². The molecule has 0 unspecified atom stereocenters. The van der Waals surface area contributed by atoms with Gasteiger partial charge >= 0.3 is 0 Å². The summed E-state index contributed by atoms with van der Waals surface area (Å²) in [6, 6.07) is 9.82. The number of fused-ring (bicyclic) bond motifs is 3. The monoisotopic (exact) mass is 523 g/mol. The highest BCUT2D eigenvalue weighted by atomic mass is 16.6. The molecule has 4 N–H and O–H groups in total. The Morgan fingerprint density at radius 1 is 0.949 bits per heavy atom. The number of hydrogen-bond donors (Lipinski definition) is 4. The van der Waals surface area contributed by atoms with E-state index < -0.39 is 0 Å². The van der Waals surface area contributed by atoms with E-state index in [1.54, 1.807) is 12.4 Å². The van der Waals surface area contributed by atoms with Crippen LogP contribution in [0.1, 0.15) is 12.5 Å². The molecule has 198 valence electrons. The first-order valence-electron chi connectivity index (χ1n) is 12.6. The first-order chi connectivity index (χ1) is 19.1. The lowest BCUT2D eigenvalue weighted by Crippen LogP contribution is -2.19. The minimum Gasteiger partial charge on any atom is -0.485 e. The second-order valence-electron chi connectivity index (χ2n) is 9.13. The van der Waals surface area contributed by atoms with Crippen molar-refractivity contribution in [2.24, 2.45) is 0 Å². The maximum Gasteiger partial charge on any atom is 0.231 e. The smallest absolute Gasteiger partial charge is 0.231 e. The van der Waals surface area contributed by atoms with Crippen molar-refractivity contribution in [2.45, 2.75) is 6.92 Å². The minimum absolute atomic E-state index is 0.406. The molecule has 0 bridgehead atoms. The van der Waals surface area contributed by atoms with Crippen LogP contribution >= 0.6 is 0 Å². The Labute approximate surface area is 225 Å². The Bertz CT molecular complexity index is 1710. The standard InChI is InChI=1S/C28H29N9O2/c1-5-18(29-2)16-6-7-21(25-24(16)38-14-15-39-25)34-28-35-26-17(10-11-32-26)27(36-28)33-20-9-8-19-22(23(20)37(3)4)31-13-12-30-19/h5-13,29H,14-15H2,1-4H3,(H3,32,33,34,35,36)/b18-5-. The zero-order chi connectivity index (χ0) is 26.9. The zero-order valence-corrected chi connectivity index (χ0v) is 22.2. The third-order valence-corrected chi connectivity index (χ3v) is 6.51. The van der Waals surface area contributed by atoms with Gasteiger partial charge in [0.2, 0.25) is 5.95 Å². The fourth-order valence-corrected chi connectivity index (χ4v) is 4.80. The fourth-order valence-electron chi connectivity index (χ4n) is 4.80. The molecule has 1 aliphatic rings. The highest BCUT2D eigenvalue weighted by Gasteiger charge is 2.23. The Morgan fingerprint density at radius 3 is 2.54 bits per heavy atom. The van der Waals surface area contributed by atoms with Gasteiger partial charge in [0.1, 0.15) is 30.2 Å². The van der Waals surface area contributed by atoms with Crippen molar-refractivity contribution < 1.29 is 9.47 Å². The van der Waals surface area contributed by atoms with Crippen LogP contribution in [0.25, 0.3) is 27.8 Å². The number of aromatic nitrogens is 5. The number of nitrogens with one attached hydrogen (secondary N) is 4. The molecular formula is C28H29N9O2. The summed E-state index contributed by atoms with van der Waals surface area (Å²) in [7, 11) is 5.85. The van der Waals surface area contributed by atoms with Gasteiger partial charge in [-0.2, -0.15) is 9.97 Å². The van der Waals surface area contributed by atoms with Crippen molar-refractivity contribution in [2.75, 3.05) is 49.9 Å². The van der Waals surface area contributed by atoms with Crippen molar-refractivity contribution in [3.63, 3.8) is 0 Å². The molecule has 0 amide bonds. The number of rotatable bonds is 7. The van der Waals surface area contributed by atoms with E-state index in [0.717, 1.165) is 39.1 Å². The molecule has 6 rings (SSSR count). The van der Waals surface area contributed by atoms with Crippen molar-refractivity contribution in [1.29, 1.82) is 0 Å². The highest BCUT2D eigenvalue weighted by molar-refractivity contribution is 5.99. The predicted octanol–water partition coefficient (Wildman–Crippen LogP) is 4.81. The zero-order valence-electron chi connectivity index (χ0n) is 22.2. The predicted molar refractivity (Wildman–Crippen MR) is 154 cm³/mol. The molecule has 0 spiro atoms. The van der Waals surface area contributed by atoms with Gasteiger partial charge in [0.25, 0.3) is 0 Å². The van der Waals surface area contributed by atoms with E-state index in [0.29, 0.717) is 47.8 Å². The van der Waals surface area contributed by atoms with E-state index in [9.17, 15) is 0 Å². The number of anilines is 5. The normalized spacial score (nSPS) is 13.0.